The molecule has 2 N–H and O–H groups in total. The topological polar surface area (TPSA) is 50.4 Å². The van der Waals surface area contributed by atoms with Crippen molar-refractivity contribution in [3.05, 3.63) is 0 Å². The summed E-state index contributed by atoms with van der Waals surface area (Å²) in [6.07, 6.45) is 2.12. The maximum absolute atomic E-state index is 11.2. The second-order valence-electron chi connectivity index (χ2n) is 3.72. The van der Waals surface area contributed by atoms with Crippen LogP contribution >= 0.6 is 12.4 Å². The highest BCUT2D eigenvalue weighted by Gasteiger charge is 2.14. The first-order valence-electron chi connectivity index (χ1n) is 5.38. The lowest BCUT2D eigenvalue weighted by Gasteiger charge is -2.09. The fourth-order valence-electron chi connectivity index (χ4n) is 1.51. The van der Waals surface area contributed by atoms with Crippen LogP contribution in [-0.4, -0.2) is 38.8 Å². The Morgan fingerprint density at radius 2 is 2.40 bits per heavy atom. The van der Waals surface area contributed by atoms with Crippen LogP contribution in [0.5, 0.6) is 0 Å². The van der Waals surface area contributed by atoms with E-state index in [1.807, 2.05) is 6.92 Å². The van der Waals surface area contributed by atoms with Crippen LogP contribution < -0.4 is 10.6 Å². The number of rotatable bonds is 6. The Morgan fingerprint density at radius 3 is 3.00 bits per heavy atom. The molecule has 1 aliphatic rings. The maximum Gasteiger partial charge on any atom is 0.246 e. The van der Waals surface area contributed by atoms with Gasteiger partial charge in [0, 0.05) is 13.2 Å². The first-order valence-corrected chi connectivity index (χ1v) is 5.38. The molecule has 1 fully saturated rings. The number of hydrogen-bond donors (Lipinski definition) is 2. The SMILES string of the molecule is CCCOCC(=O)NCC1CCNC1.Cl. The predicted octanol–water partition coefficient (Wildman–Crippen LogP) is 0.560. The average Bonchev–Trinajstić information content (AvgIpc) is 2.68. The lowest BCUT2D eigenvalue weighted by Crippen LogP contribution is -2.33. The number of nitrogens with one attached hydrogen (secondary N) is 2. The van der Waals surface area contributed by atoms with Crippen molar-refractivity contribution in [1.29, 1.82) is 0 Å². The Balaban J connectivity index is 0.00000196. The van der Waals surface area contributed by atoms with E-state index in [1.54, 1.807) is 0 Å². The molecule has 0 bridgehead atoms. The maximum atomic E-state index is 11.2. The molecule has 1 aliphatic heterocycles. The monoisotopic (exact) mass is 236 g/mol. The van der Waals surface area contributed by atoms with E-state index in [1.165, 1.54) is 0 Å². The minimum Gasteiger partial charge on any atom is -0.372 e. The van der Waals surface area contributed by atoms with Gasteiger partial charge >= 0.3 is 0 Å². The molecule has 0 aromatic heterocycles. The van der Waals surface area contributed by atoms with E-state index in [0.29, 0.717) is 12.5 Å². The molecule has 0 saturated carbocycles. The Bertz CT molecular complexity index is 173. The third-order valence-electron chi connectivity index (χ3n) is 2.33. The average molecular weight is 237 g/mol. The lowest BCUT2D eigenvalue weighted by atomic mass is 10.1. The van der Waals surface area contributed by atoms with E-state index < -0.39 is 0 Å². The second-order valence-corrected chi connectivity index (χ2v) is 3.72. The van der Waals surface area contributed by atoms with Crippen molar-refractivity contribution in [2.24, 2.45) is 5.92 Å². The molecule has 4 nitrogen and oxygen atoms in total. The number of hydrogen-bond acceptors (Lipinski definition) is 3. The van der Waals surface area contributed by atoms with E-state index in [4.69, 9.17) is 4.74 Å². The molecule has 0 aromatic rings. The van der Waals surface area contributed by atoms with E-state index in [2.05, 4.69) is 10.6 Å². The highest BCUT2D eigenvalue weighted by Crippen LogP contribution is 2.04. The van der Waals surface area contributed by atoms with Gasteiger partial charge in [0.05, 0.1) is 0 Å². The van der Waals surface area contributed by atoms with Crippen LogP contribution in [0.4, 0.5) is 0 Å². The van der Waals surface area contributed by atoms with Crippen LogP contribution in [0.2, 0.25) is 0 Å². The second kappa shape index (κ2) is 8.95. The van der Waals surface area contributed by atoms with Gasteiger partial charge in [-0.3, -0.25) is 4.79 Å². The number of halogens is 1. The van der Waals surface area contributed by atoms with Crippen LogP contribution in [0.1, 0.15) is 19.8 Å². The van der Waals surface area contributed by atoms with E-state index in [-0.39, 0.29) is 24.9 Å². The summed E-state index contributed by atoms with van der Waals surface area (Å²) in [6, 6.07) is 0. The van der Waals surface area contributed by atoms with Gasteiger partial charge in [-0.05, 0) is 31.8 Å². The summed E-state index contributed by atoms with van der Waals surface area (Å²) in [4.78, 5) is 11.2. The van der Waals surface area contributed by atoms with Gasteiger partial charge < -0.3 is 15.4 Å². The predicted molar refractivity (Wildman–Crippen MR) is 62.3 cm³/mol. The standard InChI is InChI=1S/C10H20N2O2.ClH/c1-2-5-14-8-10(13)12-7-9-3-4-11-6-9;/h9,11H,2-8H2,1H3,(H,12,13);1H. The van der Waals surface area contributed by atoms with Crippen LogP contribution in [0, 0.1) is 5.92 Å². The Kier molecular flexibility index (Phi) is 8.76. The fourth-order valence-corrected chi connectivity index (χ4v) is 1.51. The van der Waals surface area contributed by atoms with Crippen molar-refractivity contribution in [1.82, 2.24) is 10.6 Å². The normalized spacial score (nSPS) is 19.7. The van der Waals surface area contributed by atoms with Crippen LogP contribution in [0.25, 0.3) is 0 Å². The first kappa shape index (κ1) is 14.7. The molecule has 1 saturated heterocycles. The van der Waals surface area contributed by atoms with Gasteiger partial charge in [-0.1, -0.05) is 6.92 Å². The van der Waals surface area contributed by atoms with Crippen molar-refractivity contribution in [3.63, 3.8) is 0 Å². The van der Waals surface area contributed by atoms with Gasteiger partial charge in [-0.25, -0.2) is 0 Å². The van der Waals surface area contributed by atoms with Crippen LogP contribution in [0.3, 0.4) is 0 Å². The molecule has 0 aliphatic carbocycles. The molecule has 1 rings (SSSR count). The molecule has 5 heteroatoms. The summed E-state index contributed by atoms with van der Waals surface area (Å²) in [7, 11) is 0. The molecule has 0 radical (unpaired) electrons. The summed E-state index contributed by atoms with van der Waals surface area (Å²) >= 11 is 0. The number of ether oxygens (including phenoxy) is 1. The third kappa shape index (κ3) is 6.71. The minimum absolute atomic E-state index is 0. The zero-order valence-electron chi connectivity index (χ0n) is 9.25. The zero-order chi connectivity index (χ0) is 10.2. The van der Waals surface area contributed by atoms with Crippen LogP contribution in [-0.2, 0) is 9.53 Å². The van der Waals surface area contributed by atoms with Crippen molar-refractivity contribution >= 4 is 18.3 Å². The Hall–Kier alpha value is -0.320. The van der Waals surface area contributed by atoms with E-state index >= 15 is 0 Å². The zero-order valence-corrected chi connectivity index (χ0v) is 10.1. The summed E-state index contributed by atoms with van der Waals surface area (Å²) < 4.78 is 5.13. The molecular weight excluding hydrogens is 216 g/mol. The smallest absolute Gasteiger partial charge is 0.246 e. The molecule has 0 aromatic carbocycles. The van der Waals surface area contributed by atoms with Crippen molar-refractivity contribution in [3.8, 4) is 0 Å². The first-order chi connectivity index (χ1) is 6.83. The van der Waals surface area contributed by atoms with Crippen molar-refractivity contribution < 1.29 is 9.53 Å². The summed E-state index contributed by atoms with van der Waals surface area (Å²) in [6.45, 7) is 5.78. The molecule has 0 spiro atoms. The number of amides is 1. The highest BCUT2D eigenvalue weighted by molar-refractivity contribution is 5.85. The molecule has 15 heavy (non-hydrogen) atoms. The van der Waals surface area contributed by atoms with Gasteiger partial charge in [0.1, 0.15) is 6.61 Å². The molecule has 1 atom stereocenters. The molecule has 90 valence electrons. The molecular formula is C10H21ClN2O2. The minimum atomic E-state index is 0. The molecule has 1 amide bonds. The number of carbonyl (C=O) groups excluding carboxylic acids is 1. The largest absolute Gasteiger partial charge is 0.372 e. The number of carbonyl (C=O) groups is 1. The van der Waals surface area contributed by atoms with Gasteiger partial charge in [-0.2, -0.15) is 0 Å². The highest BCUT2D eigenvalue weighted by atomic mass is 35.5. The van der Waals surface area contributed by atoms with E-state index in [0.717, 1.165) is 32.5 Å². The van der Waals surface area contributed by atoms with E-state index in [9.17, 15) is 4.79 Å². The Labute approximate surface area is 97.5 Å². The summed E-state index contributed by atoms with van der Waals surface area (Å²) in [5, 5.41) is 6.15. The van der Waals surface area contributed by atoms with Gasteiger partial charge in [-0.15, -0.1) is 12.4 Å². The van der Waals surface area contributed by atoms with Crippen molar-refractivity contribution in [2.75, 3.05) is 32.8 Å². The molecule has 1 unspecified atom stereocenters. The van der Waals surface area contributed by atoms with Gasteiger partial charge in [0.15, 0.2) is 0 Å². The van der Waals surface area contributed by atoms with Gasteiger partial charge in [0.25, 0.3) is 0 Å². The van der Waals surface area contributed by atoms with Crippen LogP contribution in [0.15, 0.2) is 0 Å². The molecule has 1 heterocycles. The van der Waals surface area contributed by atoms with Gasteiger partial charge in [0.2, 0.25) is 5.91 Å². The third-order valence-corrected chi connectivity index (χ3v) is 2.33. The fraction of sp³-hybridized carbons (Fsp3) is 0.900. The Morgan fingerprint density at radius 1 is 1.60 bits per heavy atom. The quantitative estimate of drug-likeness (QED) is 0.663. The van der Waals surface area contributed by atoms with Crippen molar-refractivity contribution in [2.45, 2.75) is 19.8 Å². The summed E-state index contributed by atoms with van der Waals surface area (Å²) in [5.74, 6) is 0.607. The lowest BCUT2D eigenvalue weighted by molar-refractivity contribution is -0.125. The summed E-state index contributed by atoms with van der Waals surface area (Å²) in [5.41, 5.74) is 0.